The maximum absolute atomic E-state index is 10.9. The van der Waals surface area contributed by atoms with E-state index in [1.54, 1.807) is 0 Å². The molecule has 3 nitrogen and oxygen atoms in total. The molecule has 1 heterocycles. The number of hydrogen-bond acceptors (Lipinski definition) is 2. The Labute approximate surface area is 96.5 Å². The van der Waals surface area contributed by atoms with Gasteiger partial charge in [-0.3, -0.25) is 4.79 Å². The molecule has 1 aliphatic rings. The highest BCUT2D eigenvalue weighted by molar-refractivity contribution is 5.68. The summed E-state index contributed by atoms with van der Waals surface area (Å²) in [4.78, 5) is 10.9. The third kappa shape index (κ3) is 1.83. The van der Waals surface area contributed by atoms with Crippen molar-refractivity contribution in [1.29, 1.82) is 0 Å². The van der Waals surface area contributed by atoms with Crippen molar-refractivity contribution in [3.8, 4) is 0 Å². The standard InChI is InChI=1S/C13H16O3/c1-13(2)10-6-4-3-5-9(10)8-16-11(13)7-12(14)15/h3-6,11H,7-8H2,1-2H3,(H,14,15)/i7D/t7-,11?/m0/s1. The number of carboxylic acid groups (broad SMARTS) is 1. The highest BCUT2D eigenvalue weighted by atomic mass is 16.5. The summed E-state index contributed by atoms with van der Waals surface area (Å²) in [6.45, 7) is 4.24. The Bertz CT molecular complexity index is 442. The molecule has 86 valence electrons. The highest BCUT2D eigenvalue weighted by Crippen LogP contribution is 2.37. The number of fused-ring (bicyclic) bond motifs is 1. The molecule has 1 aromatic rings. The molecule has 0 fully saturated rings. The zero-order valence-corrected chi connectivity index (χ0v) is 9.43. The van der Waals surface area contributed by atoms with Gasteiger partial charge in [0.1, 0.15) is 0 Å². The smallest absolute Gasteiger partial charge is 0.306 e. The summed E-state index contributed by atoms with van der Waals surface area (Å²) in [5.74, 6) is -1.14. The normalized spacial score (nSPS) is 25.4. The Hall–Kier alpha value is -1.35. The maximum Gasteiger partial charge on any atom is 0.306 e. The van der Waals surface area contributed by atoms with Crippen LogP contribution in [-0.4, -0.2) is 17.2 Å². The van der Waals surface area contributed by atoms with E-state index in [0.29, 0.717) is 6.61 Å². The lowest BCUT2D eigenvalue weighted by Gasteiger charge is -2.39. The average molecular weight is 221 g/mol. The van der Waals surface area contributed by atoms with E-state index < -0.39 is 23.9 Å². The molecule has 0 bridgehead atoms. The van der Waals surface area contributed by atoms with Gasteiger partial charge in [0.15, 0.2) is 0 Å². The summed E-state index contributed by atoms with van der Waals surface area (Å²) in [5, 5.41) is 8.95. The van der Waals surface area contributed by atoms with Crippen molar-refractivity contribution in [3.63, 3.8) is 0 Å². The number of rotatable bonds is 2. The zero-order valence-electron chi connectivity index (χ0n) is 10.4. The Morgan fingerprint density at radius 1 is 1.62 bits per heavy atom. The fraction of sp³-hybridized carbons (Fsp3) is 0.462. The molecule has 0 radical (unpaired) electrons. The number of carbonyl (C=O) groups is 1. The molecular weight excluding hydrogens is 204 g/mol. The Morgan fingerprint density at radius 2 is 2.31 bits per heavy atom. The third-order valence-electron chi connectivity index (χ3n) is 3.14. The van der Waals surface area contributed by atoms with Crippen LogP contribution in [0.15, 0.2) is 24.3 Å². The average Bonchev–Trinajstić information content (AvgIpc) is 2.28. The first-order valence-corrected chi connectivity index (χ1v) is 5.29. The van der Waals surface area contributed by atoms with E-state index in [1.165, 1.54) is 0 Å². The van der Waals surface area contributed by atoms with Crippen LogP contribution in [0.4, 0.5) is 0 Å². The predicted octanol–water partition coefficient (Wildman–Crippen LogP) is 2.34. The molecule has 0 aromatic heterocycles. The van der Waals surface area contributed by atoms with Crippen LogP contribution in [0.25, 0.3) is 0 Å². The minimum absolute atomic E-state index is 0.382. The lowest BCUT2D eigenvalue weighted by atomic mass is 9.74. The van der Waals surface area contributed by atoms with E-state index >= 15 is 0 Å². The summed E-state index contributed by atoms with van der Waals surface area (Å²) < 4.78 is 13.3. The molecule has 0 saturated carbocycles. The van der Waals surface area contributed by atoms with Crippen molar-refractivity contribution in [3.05, 3.63) is 35.4 Å². The maximum atomic E-state index is 10.9. The van der Waals surface area contributed by atoms with Crippen LogP contribution < -0.4 is 0 Å². The van der Waals surface area contributed by atoms with E-state index in [2.05, 4.69) is 0 Å². The fourth-order valence-corrected chi connectivity index (χ4v) is 2.20. The first-order chi connectivity index (χ1) is 7.94. The molecule has 0 saturated heterocycles. The van der Waals surface area contributed by atoms with Crippen molar-refractivity contribution in [2.45, 2.75) is 38.4 Å². The van der Waals surface area contributed by atoms with Gasteiger partial charge in [-0.25, -0.2) is 0 Å². The second kappa shape index (κ2) is 3.91. The summed E-state index contributed by atoms with van der Waals surface area (Å²) >= 11 is 0. The molecule has 1 aromatic carbocycles. The highest BCUT2D eigenvalue weighted by Gasteiger charge is 2.38. The molecule has 0 spiro atoms. The Kier molecular flexibility index (Phi) is 2.40. The first-order valence-electron chi connectivity index (χ1n) is 5.87. The van der Waals surface area contributed by atoms with Crippen molar-refractivity contribution in [2.75, 3.05) is 0 Å². The number of benzene rings is 1. The monoisotopic (exact) mass is 221 g/mol. The predicted molar refractivity (Wildman–Crippen MR) is 60.3 cm³/mol. The van der Waals surface area contributed by atoms with Crippen LogP contribution in [0.3, 0.4) is 0 Å². The Morgan fingerprint density at radius 3 is 3.00 bits per heavy atom. The molecule has 2 atom stereocenters. The van der Waals surface area contributed by atoms with E-state index in [9.17, 15) is 4.79 Å². The minimum atomic E-state index is -1.25. The summed E-state index contributed by atoms with van der Waals surface area (Å²) in [7, 11) is 0. The van der Waals surface area contributed by atoms with Crippen LogP contribution in [0.5, 0.6) is 0 Å². The summed E-state index contributed by atoms with van der Waals surface area (Å²) in [5.41, 5.74) is 1.70. The van der Waals surface area contributed by atoms with Gasteiger partial charge in [0.2, 0.25) is 0 Å². The topological polar surface area (TPSA) is 46.5 Å². The van der Waals surface area contributed by atoms with Gasteiger partial charge in [-0.2, -0.15) is 0 Å². The molecule has 3 heteroatoms. The summed E-state index contributed by atoms with van der Waals surface area (Å²) in [6, 6.07) is 7.84. The third-order valence-corrected chi connectivity index (χ3v) is 3.14. The van der Waals surface area contributed by atoms with Crippen molar-refractivity contribution < 1.29 is 16.0 Å². The molecule has 1 N–H and O–H groups in total. The van der Waals surface area contributed by atoms with E-state index in [0.717, 1.165) is 11.1 Å². The van der Waals surface area contributed by atoms with Gasteiger partial charge in [0.25, 0.3) is 0 Å². The van der Waals surface area contributed by atoms with Gasteiger partial charge >= 0.3 is 5.97 Å². The second-order valence-corrected chi connectivity index (χ2v) is 4.62. The van der Waals surface area contributed by atoms with E-state index in [-0.39, 0.29) is 0 Å². The molecule has 0 amide bonds. The first kappa shape index (κ1) is 9.85. The molecule has 0 aliphatic carbocycles. The quantitative estimate of drug-likeness (QED) is 0.833. The van der Waals surface area contributed by atoms with Gasteiger partial charge in [-0.15, -0.1) is 0 Å². The van der Waals surface area contributed by atoms with E-state index in [1.807, 2.05) is 38.1 Å². The van der Waals surface area contributed by atoms with Gasteiger partial charge in [-0.05, 0) is 11.1 Å². The van der Waals surface area contributed by atoms with Gasteiger partial charge in [0.05, 0.1) is 19.1 Å². The van der Waals surface area contributed by atoms with Crippen LogP contribution in [0.2, 0.25) is 0 Å². The molecule has 1 unspecified atom stereocenters. The molecular formula is C13H16O3. The lowest BCUT2D eigenvalue weighted by Crippen LogP contribution is -2.41. The molecule has 2 rings (SSSR count). The lowest BCUT2D eigenvalue weighted by molar-refractivity contribution is -0.142. The number of hydrogen-bond donors (Lipinski definition) is 1. The van der Waals surface area contributed by atoms with Gasteiger partial charge in [0, 0.05) is 6.79 Å². The molecule has 1 aliphatic heterocycles. The fourth-order valence-electron chi connectivity index (χ4n) is 2.20. The van der Waals surface area contributed by atoms with Crippen LogP contribution in [0.1, 0.15) is 32.7 Å². The van der Waals surface area contributed by atoms with Crippen molar-refractivity contribution in [1.82, 2.24) is 0 Å². The second-order valence-electron chi connectivity index (χ2n) is 4.62. The van der Waals surface area contributed by atoms with Gasteiger partial charge < -0.3 is 9.84 Å². The number of carboxylic acids is 1. The summed E-state index contributed by atoms with van der Waals surface area (Å²) in [6.07, 6.45) is -1.87. The van der Waals surface area contributed by atoms with Crippen LogP contribution >= 0.6 is 0 Å². The van der Waals surface area contributed by atoms with Crippen molar-refractivity contribution >= 4 is 5.97 Å². The van der Waals surface area contributed by atoms with Crippen molar-refractivity contribution in [2.24, 2.45) is 0 Å². The zero-order chi connectivity index (χ0) is 12.6. The number of ether oxygens (including phenoxy) is 1. The largest absolute Gasteiger partial charge is 0.481 e. The molecule has 16 heavy (non-hydrogen) atoms. The van der Waals surface area contributed by atoms with E-state index in [4.69, 9.17) is 11.2 Å². The van der Waals surface area contributed by atoms with Crippen LogP contribution in [0, 0.1) is 0 Å². The Balaban J connectivity index is 2.40. The SMILES string of the molecule is [2H][C@H](C(=O)O)C1OCc2ccccc2C1(C)C. The number of aliphatic carboxylic acids is 1. The van der Waals surface area contributed by atoms with Gasteiger partial charge in [-0.1, -0.05) is 38.1 Å². The van der Waals surface area contributed by atoms with Crippen LogP contribution in [-0.2, 0) is 21.6 Å². The minimum Gasteiger partial charge on any atom is -0.481 e.